The molecule has 0 aromatic carbocycles. The molecule has 392 valence electrons. The number of amides is 1. The highest BCUT2D eigenvalue weighted by Crippen LogP contribution is 2.47. The van der Waals surface area contributed by atoms with Gasteiger partial charge in [-0.25, -0.2) is 48.0 Å². The van der Waals surface area contributed by atoms with E-state index in [1.807, 2.05) is 91.8 Å². The first-order chi connectivity index (χ1) is 35.7. The summed E-state index contributed by atoms with van der Waals surface area (Å²) in [7, 11) is 0. The van der Waals surface area contributed by atoms with E-state index in [1.165, 1.54) is 21.8 Å². The van der Waals surface area contributed by atoms with Gasteiger partial charge in [-0.2, -0.15) is 20.4 Å². The number of nitrogens with two attached hydrogens (primary N) is 1. The fourth-order valence-corrected chi connectivity index (χ4v) is 9.41. The summed E-state index contributed by atoms with van der Waals surface area (Å²) in [5, 5.41) is 37.6. The van der Waals surface area contributed by atoms with Gasteiger partial charge in [-0.15, -0.1) is 0 Å². The van der Waals surface area contributed by atoms with Crippen LogP contribution in [-0.4, -0.2) is 86.8 Å². The zero-order chi connectivity index (χ0) is 53.6. The van der Waals surface area contributed by atoms with Crippen LogP contribution in [0.15, 0.2) is 85.7 Å². The summed E-state index contributed by atoms with van der Waals surface area (Å²) in [6.45, 7) is 15.5. The van der Waals surface area contributed by atoms with Crippen molar-refractivity contribution in [1.82, 2.24) is 75.2 Å². The molecule has 2 aliphatic carbocycles. The molecule has 0 spiro atoms. The predicted molar refractivity (Wildman–Crippen MR) is 275 cm³/mol. The fraction of sp³-hybridized carbons (Fsp3) is 0.396. The number of pyridine rings is 2. The monoisotopic (exact) mass is 1020 g/mol. The lowest BCUT2D eigenvalue weighted by atomic mass is 9.85. The molecule has 20 nitrogen and oxygen atoms in total. The largest absolute Gasteiger partial charge is 0.481 e. The summed E-state index contributed by atoms with van der Waals surface area (Å²) >= 11 is 0. The number of nitrogens with one attached hydrogen (secondary N) is 4. The maximum absolute atomic E-state index is 13.4. The van der Waals surface area contributed by atoms with Crippen molar-refractivity contribution in [2.24, 2.45) is 16.6 Å². The minimum absolute atomic E-state index is 0.0266. The summed E-state index contributed by atoms with van der Waals surface area (Å²) in [4.78, 5) is 51.7. The molecule has 8 aromatic rings. The van der Waals surface area contributed by atoms with Gasteiger partial charge in [0.05, 0.1) is 48.4 Å². The number of aliphatic carboxylic acids is 1. The number of aryl methyl sites for hydroxylation is 4. The molecule has 0 aliphatic heterocycles. The number of halogens is 2. The lowest BCUT2D eigenvalue weighted by molar-refractivity contribution is -0.147. The SMILES string of the molecule is C[C@H](N)c1ccc(-n2cc(F)cn2)nc1.Cc1cc([C@@H]2CC[C@@](C)(C(=O)N[C@@H](C)c3ccc(-n4cc(F)cn4)nc3)C2)nc(Cc2cc(C)[nH]n2)n1.Cc1cc([C@@H]2CC[C@@](C)(C(=O)O)C2)nc(Nc2cc(C)[nH]n2)n1. The van der Waals surface area contributed by atoms with Crippen LogP contribution in [0.1, 0.15) is 147 Å². The van der Waals surface area contributed by atoms with E-state index in [4.69, 9.17) is 10.7 Å². The average molecular weight is 1020 g/mol. The van der Waals surface area contributed by atoms with Crippen molar-refractivity contribution >= 4 is 23.6 Å². The van der Waals surface area contributed by atoms with Gasteiger partial charge in [-0.1, -0.05) is 19.1 Å². The summed E-state index contributed by atoms with van der Waals surface area (Å²) in [5.41, 5.74) is 12.9. The third-order valence-corrected chi connectivity index (χ3v) is 13.7. The number of hydrogen-bond donors (Lipinski definition) is 6. The van der Waals surface area contributed by atoms with Gasteiger partial charge in [0.1, 0.15) is 5.82 Å². The number of anilines is 2. The summed E-state index contributed by atoms with van der Waals surface area (Å²) < 4.78 is 28.7. The number of carboxylic acid groups (broad SMARTS) is 1. The van der Waals surface area contributed by atoms with Gasteiger partial charge in [0.25, 0.3) is 0 Å². The van der Waals surface area contributed by atoms with Gasteiger partial charge < -0.3 is 21.5 Å². The van der Waals surface area contributed by atoms with Crippen LogP contribution in [0.25, 0.3) is 11.6 Å². The first kappa shape index (κ1) is 53.2. The smallest absolute Gasteiger partial charge is 0.309 e. The van der Waals surface area contributed by atoms with E-state index in [2.05, 4.69) is 66.1 Å². The van der Waals surface area contributed by atoms with E-state index in [1.54, 1.807) is 24.5 Å². The van der Waals surface area contributed by atoms with Crippen molar-refractivity contribution < 1.29 is 23.5 Å². The van der Waals surface area contributed by atoms with Gasteiger partial charge in [0.15, 0.2) is 29.1 Å². The summed E-state index contributed by atoms with van der Waals surface area (Å²) in [6.07, 6.45) is 13.3. The Morgan fingerprint density at radius 1 is 0.747 bits per heavy atom. The number of hydrogen-bond acceptors (Lipinski definition) is 14. The Kier molecular flexibility index (Phi) is 16.0. The number of H-pyrrole nitrogens is 2. The molecule has 10 rings (SSSR count). The second-order valence-electron chi connectivity index (χ2n) is 20.3. The lowest BCUT2D eigenvalue weighted by Crippen LogP contribution is -2.38. The second kappa shape index (κ2) is 22.5. The molecule has 2 aliphatic rings. The molecule has 7 N–H and O–H groups in total. The van der Waals surface area contributed by atoms with Crippen LogP contribution < -0.4 is 16.4 Å². The number of carbonyl (C=O) groups is 2. The van der Waals surface area contributed by atoms with E-state index >= 15 is 0 Å². The lowest BCUT2D eigenvalue weighted by Gasteiger charge is -2.26. The predicted octanol–water partition coefficient (Wildman–Crippen LogP) is 8.62. The molecule has 75 heavy (non-hydrogen) atoms. The highest BCUT2D eigenvalue weighted by molar-refractivity contribution is 5.83. The third-order valence-electron chi connectivity index (χ3n) is 13.7. The fourth-order valence-electron chi connectivity index (χ4n) is 9.41. The van der Waals surface area contributed by atoms with E-state index in [9.17, 15) is 23.5 Å². The van der Waals surface area contributed by atoms with Gasteiger partial charge >= 0.3 is 5.97 Å². The number of carbonyl (C=O) groups excluding carboxylic acids is 1. The third kappa shape index (κ3) is 13.3. The van der Waals surface area contributed by atoms with Crippen LogP contribution in [0.3, 0.4) is 0 Å². The Labute approximate surface area is 432 Å². The minimum atomic E-state index is -0.726. The zero-order valence-electron chi connectivity index (χ0n) is 43.3. The summed E-state index contributed by atoms with van der Waals surface area (Å²) in [6, 6.07) is 14.8. The molecule has 2 fully saturated rings. The molecule has 2 saturated carbocycles. The van der Waals surface area contributed by atoms with Crippen LogP contribution in [-0.2, 0) is 16.0 Å². The molecule has 8 heterocycles. The summed E-state index contributed by atoms with van der Waals surface area (Å²) in [5.74, 6) is 1.85. The molecule has 1 amide bonds. The van der Waals surface area contributed by atoms with Crippen molar-refractivity contribution in [3.8, 4) is 11.6 Å². The first-order valence-corrected chi connectivity index (χ1v) is 24.8. The van der Waals surface area contributed by atoms with Gasteiger partial charge in [0.2, 0.25) is 11.9 Å². The molecular weight excluding hydrogens is 961 g/mol. The van der Waals surface area contributed by atoms with Crippen molar-refractivity contribution in [3.05, 3.63) is 154 Å². The van der Waals surface area contributed by atoms with E-state index < -0.39 is 22.6 Å². The van der Waals surface area contributed by atoms with Crippen LogP contribution in [0.4, 0.5) is 20.5 Å². The Morgan fingerprint density at radius 3 is 1.81 bits per heavy atom. The molecule has 0 radical (unpaired) electrons. The average Bonchev–Trinajstić information content (AvgIpc) is 4.26. The molecule has 8 aromatic heterocycles. The number of aromatic nitrogens is 14. The maximum atomic E-state index is 13.4. The number of aromatic amines is 2. The van der Waals surface area contributed by atoms with Crippen LogP contribution in [0.5, 0.6) is 0 Å². The Morgan fingerprint density at radius 2 is 1.31 bits per heavy atom. The molecule has 22 heteroatoms. The van der Waals surface area contributed by atoms with Crippen molar-refractivity contribution in [2.75, 3.05) is 5.32 Å². The first-order valence-electron chi connectivity index (χ1n) is 24.8. The van der Waals surface area contributed by atoms with Crippen LogP contribution >= 0.6 is 0 Å². The quantitative estimate of drug-likeness (QED) is 0.0631. The molecular formula is C53H63F2N17O3. The minimum Gasteiger partial charge on any atom is -0.481 e. The number of nitrogens with zero attached hydrogens (tertiary/aromatic N) is 12. The maximum Gasteiger partial charge on any atom is 0.309 e. The molecule has 0 unspecified atom stereocenters. The highest BCUT2D eigenvalue weighted by Gasteiger charge is 2.43. The molecule has 6 atom stereocenters. The van der Waals surface area contributed by atoms with E-state index in [-0.39, 0.29) is 35.6 Å². The molecule has 0 bridgehead atoms. The van der Waals surface area contributed by atoms with Crippen molar-refractivity contribution in [3.63, 3.8) is 0 Å². The van der Waals surface area contributed by atoms with Crippen molar-refractivity contribution in [1.29, 1.82) is 0 Å². The number of carboxylic acids is 1. The van der Waals surface area contributed by atoms with Gasteiger partial charge in [0, 0.05) is 75.9 Å². The zero-order valence-corrected chi connectivity index (χ0v) is 43.3. The Bertz CT molecular complexity index is 3240. The van der Waals surface area contributed by atoms with Crippen LogP contribution in [0, 0.1) is 50.2 Å². The second-order valence-corrected chi connectivity index (χ2v) is 20.3. The van der Waals surface area contributed by atoms with E-state index in [0.29, 0.717) is 42.7 Å². The normalized spacial score (nSPS) is 19.8. The Hall–Kier alpha value is -8.14. The van der Waals surface area contributed by atoms with E-state index in [0.717, 1.165) is 94.9 Å². The molecule has 0 saturated heterocycles. The standard InChI is InChI=1S/C27H31FN8O.C16H21N5O2.C10H11FN4/c1-16-10-23(33-24(31-16)11-22-9-17(2)34-35-22)19-7-8-27(4,12-19)26(37)32-18(3)20-5-6-25(29-13-20)36-15-21(28)14-30-36;1-9-6-12(11-4-5-16(3,8-11)14(22)23)18-15(17-9)19-13-7-10(2)20-21-13;1-7(12)8-2-3-10(13-4-8)15-6-9(11)5-14-15/h5-6,9-10,13-15,18-19H,7-8,11-12H2,1-4H3,(H,32,37)(H,34,35);6-7,11H,4-5,8H2,1-3H3,(H,22,23)(H2,17,18,19,20,21);2-7H,12H2,1H3/t18-,19+,27+;11-,16-;7-/m010/s1. The van der Waals surface area contributed by atoms with Crippen LogP contribution in [0.2, 0.25) is 0 Å². The van der Waals surface area contributed by atoms with Gasteiger partial charge in [-0.05, 0) is 128 Å². The van der Waals surface area contributed by atoms with Crippen molar-refractivity contribution in [2.45, 2.75) is 124 Å². The van der Waals surface area contributed by atoms with Gasteiger partial charge in [-0.3, -0.25) is 19.8 Å². The highest BCUT2D eigenvalue weighted by atomic mass is 19.1. The Balaban J connectivity index is 0.000000166. The number of rotatable bonds is 13. The topological polar surface area (TPSA) is 275 Å².